The zero-order chi connectivity index (χ0) is 15.5. The molecule has 2 rings (SSSR count). The van der Waals surface area contributed by atoms with Crippen LogP contribution in [0.25, 0.3) is 0 Å². The third-order valence-electron chi connectivity index (χ3n) is 5.29. The number of hydrogen-bond acceptors (Lipinski definition) is 4. The molecule has 1 atom stereocenters. The summed E-state index contributed by atoms with van der Waals surface area (Å²) in [6.07, 6.45) is 7.80. The van der Waals surface area contributed by atoms with Gasteiger partial charge in [-0.25, -0.2) is 8.42 Å². The molecule has 4 nitrogen and oxygen atoms in total. The molecule has 1 saturated heterocycles. The molecule has 0 bridgehead atoms. The SMILES string of the molecule is CC(C)CCN(C1CCCC1)C1(CN)CCCS(=O)(=O)C1. The first kappa shape index (κ1) is 17.2. The van der Waals surface area contributed by atoms with Gasteiger partial charge < -0.3 is 5.73 Å². The van der Waals surface area contributed by atoms with Gasteiger partial charge in [-0.05, 0) is 44.6 Å². The lowest BCUT2D eigenvalue weighted by atomic mass is 9.90. The number of rotatable bonds is 6. The molecule has 5 heteroatoms. The highest BCUT2D eigenvalue weighted by atomic mass is 32.2. The van der Waals surface area contributed by atoms with Crippen molar-refractivity contribution in [2.24, 2.45) is 11.7 Å². The summed E-state index contributed by atoms with van der Waals surface area (Å²) in [4.78, 5) is 2.51. The van der Waals surface area contributed by atoms with Crippen LogP contribution in [0.5, 0.6) is 0 Å². The lowest BCUT2D eigenvalue weighted by Crippen LogP contribution is -2.63. The van der Waals surface area contributed by atoms with Gasteiger partial charge in [0.05, 0.1) is 11.5 Å². The molecular formula is C16H32N2O2S. The van der Waals surface area contributed by atoms with E-state index in [2.05, 4.69) is 18.7 Å². The van der Waals surface area contributed by atoms with Gasteiger partial charge in [0.1, 0.15) is 0 Å². The van der Waals surface area contributed by atoms with E-state index < -0.39 is 9.84 Å². The van der Waals surface area contributed by atoms with E-state index in [0.29, 0.717) is 24.3 Å². The first-order valence-electron chi connectivity index (χ1n) is 8.56. The Bertz CT molecular complexity index is 430. The van der Waals surface area contributed by atoms with E-state index >= 15 is 0 Å². The van der Waals surface area contributed by atoms with Crippen LogP contribution in [0.3, 0.4) is 0 Å². The molecule has 0 aromatic heterocycles. The Kier molecular flexibility index (Phi) is 5.71. The van der Waals surface area contributed by atoms with Gasteiger partial charge in [0.25, 0.3) is 0 Å². The van der Waals surface area contributed by atoms with Crippen molar-refractivity contribution < 1.29 is 8.42 Å². The van der Waals surface area contributed by atoms with E-state index in [0.717, 1.165) is 25.8 Å². The average molecular weight is 317 g/mol. The van der Waals surface area contributed by atoms with Crippen LogP contribution in [0.2, 0.25) is 0 Å². The minimum atomic E-state index is -2.94. The van der Waals surface area contributed by atoms with E-state index in [1.165, 1.54) is 25.7 Å². The minimum Gasteiger partial charge on any atom is -0.329 e. The topological polar surface area (TPSA) is 63.4 Å². The maximum atomic E-state index is 12.2. The highest BCUT2D eigenvalue weighted by molar-refractivity contribution is 7.91. The summed E-state index contributed by atoms with van der Waals surface area (Å²) in [5.74, 6) is 1.26. The number of sulfone groups is 1. The first-order valence-corrected chi connectivity index (χ1v) is 10.4. The van der Waals surface area contributed by atoms with Crippen LogP contribution in [0.1, 0.15) is 58.8 Å². The Morgan fingerprint density at radius 2 is 1.90 bits per heavy atom. The minimum absolute atomic E-state index is 0.269. The van der Waals surface area contributed by atoms with E-state index in [-0.39, 0.29) is 11.3 Å². The second-order valence-corrected chi connectivity index (χ2v) is 9.62. The van der Waals surface area contributed by atoms with E-state index in [9.17, 15) is 8.42 Å². The van der Waals surface area contributed by atoms with Gasteiger partial charge >= 0.3 is 0 Å². The van der Waals surface area contributed by atoms with Crippen LogP contribution < -0.4 is 5.73 Å². The molecule has 0 spiro atoms. The monoisotopic (exact) mass is 316 g/mol. The summed E-state index contributed by atoms with van der Waals surface area (Å²) in [5.41, 5.74) is 5.82. The van der Waals surface area contributed by atoms with Gasteiger partial charge in [0.15, 0.2) is 9.84 Å². The molecule has 1 aliphatic heterocycles. The molecule has 0 aromatic rings. The fraction of sp³-hybridized carbons (Fsp3) is 1.00. The molecule has 0 radical (unpaired) electrons. The van der Waals surface area contributed by atoms with Crippen LogP contribution >= 0.6 is 0 Å². The zero-order valence-corrected chi connectivity index (χ0v) is 14.5. The second-order valence-electron chi connectivity index (χ2n) is 7.44. The molecule has 0 aromatic carbocycles. The Morgan fingerprint density at radius 3 is 2.43 bits per heavy atom. The fourth-order valence-electron chi connectivity index (χ4n) is 4.10. The number of nitrogens with zero attached hydrogens (tertiary/aromatic N) is 1. The Morgan fingerprint density at radius 1 is 1.24 bits per heavy atom. The summed E-state index contributed by atoms with van der Waals surface area (Å²) >= 11 is 0. The lowest BCUT2D eigenvalue weighted by molar-refractivity contribution is 0.0503. The van der Waals surface area contributed by atoms with Crippen LogP contribution in [0.15, 0.2) is 0 Å². The highest BCUT2D eigenvalue weighted by Crippen LogP contribution is 2.35. The Labute approximate surface area is 130 Å². The van der Waals surface area contributed by atoms with Crippen molar-refractivity contribution in [3.05, 3.63) is 0 Å². The molecule has 0 amide bonds. The molecule has 2 aliphatic rings. The molecule has 1 heterocycles. The second kappa shape index (κ2) is 6.97. The lowest BCUT2D eigenvalue weighted by Gasteiger charge is -2.48. The predicted molar refractivity (Wildman–Crippen MR) is 88.1 cm³/mol. The normalized spacial score (nSPS) is 30.3. The fourth-order valence-corrected chi connectivity index (χ4v) is 6.08. The van der Waals surface area contributed by atoms with Gasteiger partial charge in [0, 0.05) is 18.1 Å². The first-order chi connectivity index (χ1) is 9.88. The van der Waals surface area contributed by atoms with E-state index in [1.807, 2.05) is 0 Å². The molecule has 1 aliphatic carbocycles. The highest BCUT2D eigenvalue weighted by Gasteiger charge is 2.45. The molecule has 2 fully saturated rings. The number of nitrogens with two attached hydrogens (primary N) is 1. The maximum absolute atomic E-state index is 12.2. The third-order valence-corrected chi connectivity index (χ3v) is 7.18. The van der Waals surface area contributed by atoms with Crippen LogP contribution in [-0.2, 0) is 9.84 Å². The summed E-state index contributed by atoms with van der Waals surface area (Å²) in [7, 11) is -2.94. The molecule has 1 saturated carbocycles. The summed E-state index contributed by atoms with van der Waals surface area (Å²) < 4.78 is 24.4. The molecule has 124 valence electrons. The van der Waals surface area contributed by atoms with Crippen molar-refractivity contribution in [2.45, 2.75) is 70.4 Å². The maximum Gasteiger partial charge on any atom is 0.152 e. The molecule has 2 N–H and O–H groups in total. The van der Waals surface area contributed by atoms with Gasteiger partial charge in [-0.2, -0.15) is 0 Å². The van der Waals surface area contributed by atoms with Crippen LogP contribution in [0.4, 0.5) is 0 Å². The van der Waals surface area contributed by atoms with Crippen LogP contribution in [0, 0.1) is 5.92 Å². The van der Waals surface area contributed by atoms with Crippen molar-refractivity contribution >= 4 is 9.84 Å². The quantitative estimate of drug-likeness (QED) is 0.816. The molecular weight excluding hydrogens is 284 g/mol. The Hall–Kier alpha value is -0.130. The van der Waals surface area contributed by atoms with Crippen LogP contribution in [-0.4, -0.2) is 49.5 Å². The average Bonchev–Trinajstić information content (AvgIpc) is 2.91. The van der Waals surface area contributed by atoms with Crippen molar-refractivity contribution in [3.8, 4) is 0 Å². The summed E-state index contributed by atoms with van der Waals surface area (Å²) in [5, 5.41) is 0. The smallest absolute Gasteiger partial charge is 0.152 e. The molecule has 1 unspecified atom stereocenters. The van der Waals surface area contributed by atoms with Crippen molar-refractivity contribution in [2.75, 3.05) is 24.6 Å². The largest absolute Gasteiger partial charge is 0.329 e. The van der Waals surface area contributed by atoms with Crippen molar-refractivity contribution in [3.63, 3.8) is 0 Å². The standard InChI is InChI=1S/C16H32N2O2S/c1-14(2)8-10-18(15-6-3-4-7-15)16(12-17)9-5-11-21(19,20)13-16/h14-15H,3-13,17H2,1-2H3. The Balaban J connectivity index is 2.22. The van der Waals surface area contributed by atoms with Gasteiger partial charge in [0.2, 0.25) is 0 Å². The van der Waals surface area contributed by atoms with Gasteiger partial charge in [-0.15, -0.1) is 0 Å². The van der Waals surface area contributed by atoms with Gasteiger partial charge in [-0.1, -0.05) is 26.7 Å². The van der Waals surface area contributed by atoms with Crippen molar-refractivity contribution in [1.82, 2.24) is 4.90 Å². The van der Waals surface area contributed by atoms with Gasteiger partial charge in [-0.3, -0.25) is 4.90 Å². The predicted octanol–water partition coefficient (Wildman–Crippen LogP) is 2.18. The van der Waals surface area contributed by atoms with Crippen molar-refractivity contribution in [1.29, 1.82) is 0 Å². The van der Waals surface area contributed by atoms with E-state index in [4.69, 9.17) is 5.73 Å². The zero-order valence-electron chi connectivity index (χ0n) is 13.7. The summed E-state index contributed by atoms with van der Waals surface area (Å²) in [6, 6.07) is 0.542. The molecule has 21 heavy (non-hydrogen) atoms. The summed E-state index contributed by atoms with van der Waals surface area (Å²) in [6.45, 7) is 5.94. The third kappa shape index (κ3) is 4.20. The van der Waals surface area contributed by atoms with E-state index in [1.54, 1.807) is 0 Å². The number of hydrogen-bond donors (Lipinski definition) is 1.